The Labute approximate surface area is 122 Å². The number of hydrazone groups is 1. The highest BCUT2D eigenvalue weighted by molar-refractivity contribution is 5.80. The van der Waals surface area contributed by atoms with Crippen molar-refractivity contribution in [3.63, 3.8) is 0 Å². The lowest BCUT2D eigenvalue weighted by Gasteiger charge is -2.21. The van der Waals surface area contributed by atoms with Gasteiger partial charge in [0.1, 0.15) is 0 Å². The topological polar surface area (TPSA) is 106 Å². The predicted octanol–water partition coefficient (Wildman–Crippen LogP) is 2.02. The van der Waals surface area contributed by atoms with Gasteiger partial charge in [-0.15, -0.1) is 5.10 Å². The normalized spacial score (nSPS) is 11.0. The van der Waals surface area contributed by atoms with Crippen molar-refractivity contribution < 1.29 is 19.5 Å². The summed E-state index contributed by atoms with van der Waals surface area (Å²) < 4.78 is 9.99. The Kier molecular flexibility index (Phi) is 6.99. The molecule has 0 saturated carbocycles. The maximum absolute atomic E-state index is 11.2. The van der Waals surface area contributed by atoms with Crippen molar-refractivity contribution in [2.75, 3.05) is 18.4 Å². The van der Waals surface area contributed by atoms with Crippen molar-refractivity contribution in [2.45, 2.75) is 20.3 Å². The van der Waals surface area contributed by atoms with Gasteiger partial charge in [-0.25, -0.2) is 10.2 Å². The Morgan fingerprint density at radius 1 is 1.29 bits per heavy atom. The van der Waals surface area contributed by atoms with Gasteiger partial charge < -0.3 is 19.9 Å². The Hall–Kier alpha value is -2.32. The van der Waals surface area contributed by atoms with E-state index in [1.165, 1.54) is 12.1 Å². The highest BCUT2D eigenvalue weighted by atomic mass is 16.8. The van der Waals surface area contributed by atoms with Crippen LogP contribution in [-0.2, 0) is 15.9 Å². The molecule has 8 heteroatoms. The summed E-state index contributed by atoms with van der Waals surface area (Å²) >= 11 is 0. The standard InChI is InChI=1S/C13H18N3O5/c1-3-20-12(14-15-13(17)21-4-2)9-10-5-7-11(8-6-10)16(18)19/h5-8,18H,3-4,9H2,1-2H3,(H,15,17)/q-1/b14-12-. The lowest BCUT2D eigenvalue weighted by atomic mass is 10.1. The number of carbonyl (C=O) groups is 1. The minimum absolute atomic E-state index is 0.123. The molecule has 0 aliphatic carbocycles. The van der Waals surface area contributed by atoms with E-state index in [2.05, 4.69) is 15.3 Å². The molecule has 1 aromatic rings. The molecule has 0 aliphatic heterocycles. The highest BCUT2D eigenvalue weighted by Gasteiger charge is 2.05. The zero-order valence-electron chi connectivity index (χ0n) is 11.9. The number of nitrogens with one attached hydrogen (secondary N) is 1. The van der Waals surface area contributed by atoms with E-state index in [4.69, 9.17) is 9.94 Å². The number of hydrogen-bond acceptors (Lipinski definition) is 7. The number of carbonyl (C=O) groups excluding carboxylic acids is 1. The minimum atomic E-state index is -0.660. The van der Waals surface area contributed by atoms with Crippen LogP contribution < -0.4 is 10.7 Å². The Bertz CT molecular complexity index is 473. The van der Waals surface area contributed by atoms with Gasteiger partial charge in [-0.05, 0) is 31.5 Å². The second-order valence-electron chi connectivity index (χ2n) is 3.89. The molecule has 1 rings (SSSR count). The molecule has 0 aliphatic rings. The third kappa shape index (κ3) is 6.11. The van der Waals surface area contributed by atoms with Gasteiger partial charge in [0.15, 0.2) is 0 Å². The van der Waals surface area contributed by atoms with Gasteiger partial charge in [0, 0.05) is 0 Å². The van der Waals surface area contributed by atoms with Crippen molar-refractivity contribution in [1.29, 1.82) is 0 Å². The van der Waals surface area contributed by atoms with Gasteiger partial charge in [-0.3, -0.25) is 5.21 Å². The zero-order valence-corrected chi connectivity index (χ0v) is 11.9. The van der Waals surface area contributed by atoms with Crippen molar-refractivity contribution in [2.24, 2.45) is 5.10 Å². The number of nitrogens with zero attached hydrogens (tertiary/aromatic N) is 2. The molecule has 21 heavy (non-hydrogen) atoms. The van der Waals surface area contributed by atoms with E-state index in [1.807, 2.05) is 0 Å². The summed E-state index contributed by atoms with van der Waals surface area (Å²) in [5.74, 6) is 0.307. The molecule has 0 saturated heterocycles. The molecular weight excluding hydrogens is 278 g/mol. The van der Waals surface area contributed by atoms with Crippen LogP contribution in [-0.4, -0.2) is 30.4 Å². The second kappa shape index (κ2) is 8.77. The third-order valence-electron chi connectivity index (χ3n) is 2.37. The SMILES string of the molecule is CCOC(=O)N/N=C(/Cc1ccc(N([O-])O)cc1)OCC. The number of anilines is 1. The summed E-state index contributed by atoms with van der Waals surface area (Å²) in [5, 5.41) is 23.0. The van der Waals surface area contributed by atoms with Gasteiger partial charge in [0.05, 0.1) is 25.3 Å². The van der Waals surface area contributed by atoms with E-state index in [9.17, 15) is 10.0 Å². The maximum atomic E-state index is 11.2. The predicted molar refractivity (Wildman–Crippen MR) is 77.0 cm³/mol. The van der Waals surface area contributed by atoms with Crippen LogP contribution in [0.3, 0.4) is 0 Å². The van der Waals surface area contributed by atoms with E-state index in [0.717, 1.165) is 5.56 Å². The molecule has 1 amide bonds. The molecule has 8 nitrogen and oxygen atoms in total. The van der Waals surface area contributed by atoms with Crippen molar-refractivity contribution >= 4 is 17.7 Å². The van der Waals surface area contributed by atoms with Crippen LogP contribution in [0.25, 0.3) is 0 Å². The van der Waals surface area contributed by atoms with Crippen LogP contribution in [0.15, 0.2) is 29.4 Å². The first-order chi connectivity index (χ1) is 10.1. The van der Waals surface area contributed by atoms with E-state index in [1.54, 1.807) is 26.0 Å². The van der Waals surface area contributed by atoms with E-state index in [0.29, 0.717) is 18.9 Å². The summed E-state index contributed by atoms with van der Waals surface area (Å²) in [5.41, 5.74) is 3.15. The van der Waals surface area contributed by atoms with Crippen molar-refractivity contribution in [3.8, 4) is 0 Å². The number of ether oxygens (including phenoxy) is 2. The van der Waals surface area contributed by atoms with Gasteiger partial charge in [-0.2, -0.15) is 0 Å². The zero-order chi connectivity index (χ0) is 15.7. The van der Waals surface area contributed by atoms with Gasteiger partial charge >= 0.3 is 6.09 Å². The first-order valence-electron chi connectivity index (χ1n) is 6.44. The quantitative estimate of drug-likeness (QED) is 0.472. The summed E-state index contributed by atoms with van der Waals surface area (Å²) in [6.45, 7) is 4.13. The average Bonchev–Trinajstić information content (AvgIpc) is 2.46. The fraction of sp³-hybridized carbons (Fsp3) is 0.385. The largest absolute Gasteiger partial charge is 0.733 e. The fourth-order valence-corrected chi connectivity index (χ4v) is 1.48. The van der Waals surface area contributed by atoms with Crippen LogP contribution >= 0.6 is 0 Å². The Balaban J connectivity index is 2.68. The summed E-state index contributed by atoms with van der Waals surface area (Å²) in [6.07, 6.45) is -0.336. The Morgan fingerprint density at radius 2 is 1.90 bits per heavy atom. The molecule has 116 valence electrons. The first-order valence-corrected chi connectivity index (χ1v) is 6.44. The third-order valence-corrected chi connectivity index (χ3v) is 2.37. The molecule has 0 fully saturated rings. The van der Waals surface area contributed by atoms with Crippen LogP contribution in [0.4, 0.5) is 10.5 Å². The lowest BCUT2D eigenvalue weighted by Crippen LogP contribution is -2.22. The second-order valence-corrected chi connectivity index (χ2v) is 3.89. The van der Waals surface area contributed by atoms with Gasteiger partial charge in [0.2, 0.25) is 5.90 Å². The van der Waals surface area contributed by atoms with Crippen LogP contribution in [0, 0.1) is 5.21 Å². The van der Waals surface area contributed by atoms with E-state index < -0.39 is 6.09 Å². The van der Waals surface area contributed by atoms with Gasteiger partial charge in [-0.1, -0.05) is 12.1 Å². The smallest absolute Gasteiger partial charge is 0.427 e. The number of benzene rings is 1. The molecular formula is C13H18N3O5-. The molecule has 0 unspecified atom stereocenters. The molecule has 0 bridgehead atoms. The van der Waals surface area contributed by atoms with Gasteiger partial charge in [0.25, 0.3) is 0 Å². The average molecular weight is 296 g/mol. The molecule has 2 N–H and O–H groups in total. The lowest BCUT2D eigenvalue weighted by molar-refractivity contribution is 0.152. The molecule has 0 aromatic heterocycles. The molecule has 0 radical (unpaired) electrons. The summed E-state index contributed by atoms with van der Waals surface area (Å²) in [7, 11) is 0. The molecule has 0 spiro atoms. The van der Waals surface area contributed by atoms with Crippen molar-refractivity contribution in [1.82, 2.24) is 5.43 Å². The number of amides is 1. The van der Waals surface area contributed by atoms with Crippen LogP contribution in [0.2, 0.25) is 0 Å². The maximum Gasteiger partial charge on any atom is 0.427 e. The molecule has 0 heterocycles. The monoisotopic (exact) mass is 296 g/mol. The van der Waals surface area contributed by atoms with Crippen molar-refractivity contribution in [3.05, 3.63) is 35.0 Å². The first kappa shape index (κ1) is 16.7. The highest BCUT2D eigenvalue weighted by Crippen LogP contribution is 2.13. The van der Waals surface area contributed by atoms with E-state index >= 15 is 0 Å². The fourth-order valence-electron chi connectivity index (χ4n) is 1.48. The number of hydrogen-bond donors (Lipinski definition) is 2. The minimum Gasteiger partial charge on any atom is -0.733 e. The molecule has 1 aromatic carbocycles. The number of rotatable bonds is 6. The summed E-state index contributed by atoms with van der Waals surface area (Å²) in [6, 6.07) is 6.22. The van der Waals surface area contributed by atoms with Crippen LogP contribution in [0.5, 0.6) is 0 Å². The molecule has 0 atom stereocenters. The Morgan fingerprint density at radius 3 is 2.43 bits per heavy atom. The van der Waals surface area contributed by atoms with E-state index in [-0.39, 0.29) is 17.5 Å². The summed E-state index contributed by atoms with van der Waals surface area (Å²) in [4.78, 5) is 11.2. The van der Waals surface area contributed by atoms with Crippen LogP contribution in [0.1, 0.15) is 19.4 Å².